The highest BCUT2D eigenvalue weighted by molar-refractivity contribution is 8.15. The van der Waals surface area contributed by atoms with Gasteiger partial charge in [-0.25, -0.2) is 4.79 Å². The van der Waals surface area contributed by atoms with Crippen LogP contribution in [-0.4, -0.2) is 115 Å². The van der Waals surface area contributed by atoms with Crippen LogP contribution in [0.4, 0.5) is 0 Å². The van der Waals surface area contributed by atoms with Crippen molar-refractivity contribution in [1.29, 1.82) is 0 Å². The zero-order chi connectivity index (χ0) is 27.0. The summed E-state index contributed by atoms with van der Waals surface area (Å²) in [6, 6.07) is 0. The molecule has 10 N–H and O–H groups in total. The highest BCUT2D eigenvalue weighted by Crippen LogP contribution is 2.72. The Hall–Kier alpha value is -2.35. The number of likely N-dealkylation sites (N-methyl/N-ethyl adjacent to an activating group) is 1. The topological polar surface area (TPSA) is 258 Å². The second-order valence-corrected chi connectivity index (χ2v) is 11.7. The van der Waals surface area contributed by atoms with E-state index in [1.807, 2.05) is 0 Å². The molecule has 4 aliphatic heterocycles. The number of morpholine rings is 1. The number of hydrogen-bond acceptors (Lipinski definition) is 16. The number of esters is 1. The fraction of sp³-hybridized carbons (Fsp3) is 0.579. The van der Waals surface area contributed by atoms with Crippen molar-refractivity contribution in [3.8, 4) is 16.6 Å². The van der Waals surface area contributed by atoms with Gasteiger partial charge < -0.3 is 55.8 Å². The van der Waals surface area contributed by atoms with Crippen molar-refractivity contribution in [2.24, 2.45) is 0 Å². The standard InChI is InChI=1S/C19H21NO14S2/c1-20(2)15(28)3-5(4-16(20,29)19(32)18(15,31)34-19)33-14(27)17(30,10-6(21)8(23)12(25)35-10)11-7(22)9(24)13(26)36-11/h5,10,28-32H,3-4H2,1-2H3,(H4-,21,22,23,24,25,26)/p+1. The van der Waals surface area contributed by atoms with Crippen molar-refractivity contribution >= 4 is 34.2 Å². The number of thiophene rings is 1. The van der Waals surface area contributed by atoms with Gasteiger partial charge in [0.25, 0.3) is 16.6 Å². The van der Waals surface area contributed by atoms with Gasteiger partial charge in [-0.05, 0) is 0 Å². The number of aliphatic hydroxyl groups is 7. The van der Waals surface area contributed by atoms with Crippen molar-refractivity contribution in [2.45, 2.75) is 52.8 Å². The lowest BCUT2D eigenvalue weighted by Gasteiger charge is -2.53. The summed E-state index contributed by atoms with van der Waals surface area (Å²) >= 11 is 0.193. The van der Waals surface area contributed by atoms with Crippen molar-refractivity contribution in [2.75, 3.05) is 14.1 Å². The fourth-order valence-electron chi connectivity index (χ4n) is 5.43. The van der Waals surface area contributed by atoms with E-state index in [-0.39, 0.29) is 23.1 Å². The summed E-state index contributed by atoms with van der Waals surface area (Å²) in [6.07, 6.45) is -2.81. The van der Waals surface area contributed by atoms with Crippen molar-refractivity contribution in [3.63, 3.8) is 0 Å². The van der Waals surface area contributed by atoms with Crippen LogP contribution < -0.4 is 0 Å². The molecule has 2 bridgehead atoms. The number of aromatic hydroxyl groups is 3. The summed E-state index contributed by atoms with van der Waals surface area (Å²) in [7, 11) is 2.59. The monoisotopic (exact) mass is 552 g/mol. The molecule has 5 heterocycles. The number of quaternary nitrogens is 1. The Bertz CT molecular complexity index is 1230. The molecule has 3 saturated heterocycles. The zero-order valence-corrected chi connectivity index (χ0v) is 20.1. The number of carbonyl (C=O) groups excluding carboxylic acids is 2. The Labute approximate surface area is 208 Å². The summed E-state index contributed by atoms with van der Waals surface area (Å²) in [4.78, 5) is 24.5. The molecule has 0 amide bonds. The van der Waals surface area contributed by atoms with E-state index in [2.05, 4.69) is 0 Å². The van der Waals surface area contributed by atoms with Crippen LogP contribution in [0.2, 0.25) is 0 Å². The van der Waals surface area contributed by atoms with Crippen molar-refractivity contribution in [3.05, 3.63) is 16.4 Å². The van der Waals surface area contributed by atoms with Gasteiger partial charge in [0.15, 0.2) is 11.5 Å². The van der Waals surface area contributed by atoms with Crippen LogP contribution in [-0.2, 0) is 24.7 Å². The normalized spacial score (nSPS) is 42.2. The van der Waals surface area contributed by atoms with Crippen LogP contribution in [0.15, 0.2) is 11.5 Å². The molecule has 6 unspecified atom stereocenters. The summed E-state index contributed by atoms with van der Waals surface area (Å²) in [5.41, 5.74) is -8.04. The highest BCUT2D eigenvalue weighted by Gasteiger charge is 3.03. The SMILES string of the molecule is C[N+]1(C)C2(O)CC(OC(=O)C(O)(c3sc(O)c(O)c3O)C3SC(=O)C(O)=C3O)CC1(O)C1(O)OC12O. The van der Waals surface area contributed by atoms with E-state index in [0.29, 0.717) is 0 Å². The number of aliphatic hydroxyl groups excluding tert-OH is 2. The summed E-state index contributed by atoms with van der Waals surface area (Å²) in [5, 5.41) is 101. The number of thioether (sulfide) groups is 1. The Morgan fingerprint density at radius 3 is 1.97 bits per heavy atom. The maximum atomic E-state index is 13.4. The summed E-state index contributed by atoms with van der Waals surface area (Å²) in [5.74, 6) is -11.6. The Morgan fingerprint density at radius 2 is 1.56 bits per heavy atom. The first-order chi connectivity index (χ1) is 16.3. The van der Waals surface area contributed by atoms with E-state index in [9.17, 15) is 60.7 Å². The first-order valence-electron chi connectivity index (χ1n) is 10.3. The van der Waals surface area contributed by atoms with Crippen molar-refractivity contribution < 1.29 is 74.6 Å². The minimum absolute atomic E-state index is 0.0822. The van der Waals surface area contributed by atoms with Gasteiger partial charge in [-0.1, -0.05) is 23.1 Å². The molecule has 4 aliphatic rings. The van der Waals surface area contributed by atoms with Crippen LogP contribution >= 0.6 is 23.1 Å². The predicted molar refractivity (Wildman–Crippen MR) is 114 cm³/mol. The van der Waals surface area contributed by atoms with E-state index < -0.39 is 101 Å². The molecule has 1 aromatic rings. The molecule has 0 saturated carbocycles. The molecule has 36 heavy (non-hydrogen) atoms. The first-order valence-corrected chi connectivity index (χ1v) is 12.0. The van der Waals surface area contributed by atoms with E-state index in [0.717, 1.165) is 0 Å². The molecule has 6 atom stereocenters. The molecule has 1 aromatic heterocycles. The maximum absolute atomic E-state index is 13.4. The lowest BCUT2D eigenvalue weighted by atomic mass is 9.89. The van der Waals surface area contributed by atoms with Crippen LogP contribution in [0.25, 0.3) is 0 Å². The van der Waals surface area contributed by atoms with Crippen LogP contribution in [0.3, 0.4) is 0 Å². The van der Waals surface area contributed by atoms with Crippen LogP contribution in [0.1, 0.15) is 17.7 Å². The Morgan fingerprint density at radius 1 is 1.03 bits per heavy atom. The van der Waals surface area contributed by atoms with E-state index in [1.165, 1.54) is 14.1 Å². The minimum atomic E-state index is -3.21. The van der Waals surface area contributed by atoms with Gasteiger partial charge in [-0.15, -0.1) is 0 Å². The van der Waals surface area contributed by atoms with Gasteiger partial charge in [-0.3, -0.25) is 14.0 Å². The Balaban J connectivity index is 1.54. The molecular formula is C19H22NO14S2+. The van der Waals surface area contributed by atoms with E-state index in [4.69, 9.17) is 9.47 Å². The first kappa shape index (κ1) is 25.3. The van der Waals surface area contributed by atoms with Gasteiger partial charge in [0.05, 0.1) is 31.8 Å². The van der Waals surface area contributed by atoms with Crippen LogP contribution in [0, 0.1) is 0 Å². The number of nitrogens with zero attached hydrogens (tertiary/aromatic N) is 1. The van der Waals surface area contributed by atoms with Crippen molar-refractivity contribution in [1.82, 2.24) is 0 Å². The number of ether oxygens (including phenoxy) is 2. The average Bonchev–Trinajstić information content (AvgIpc) is 3.17. The third-order valence-electron chi connectivity index (χ3n) is 7.73. The third kappa shape index (κ3) is 2.43. The molecule has 0 spiro atoms. The van der Waals surface area contributed by atoms with Gasteiger partial charge in [0, 0.05) is 0 Å². The third-order valence-corrected chi connectivity index (χ3v) is 10.0. The number of hydrogen-bond donors (Lipinski definition) is 10. The average molecular weight is 553 g/mol. The molecule has 15 nitrogen and oxygen atoms in total. The summed E-state index contributed by atoms with van der Waals surface area (Å²) < 4.78 is 9.42. The molecule has 0 radical (unpaired) electrons. The quantitative estimate of drug-likeness (QED) is 0.106. The molecule has 198 valence electrons. The predicted octanol–water partition coefficient (Wildman–Crippen LogP) is -2.40. The molecule has 3 fully saturated rings. The largest absolute Gasteiger partial charge is 0.507 e. The smallest absolute Gasteiger partial charge is 0.345 e. The molecule has 5 rings (SSSR count). The van der Waals surface area contributed by atoms with Gasteiger partial charge >= 0.3 is 17.5 Å². The lowest BCUT2D eigenvalue weighted by molar-refractivity contribution is -1.04. The molecule has 17 heteroatoms. The van der Waals surface area contributed by atoms with E-state index in [1.54, 1.807) is 0 Å². The maximum Gasteiger partial charge on any atom is 0.345 e. The lowest BCUT2D eigenvalue weighted by Crippen LogP contribution is -2.76. The minimum Gasteiger partial charge on any atom is -0.507 e. The number of rotatable bonds is 4. The number of fused-ring (bicyclic) bond motifs is 5. The van der Waals surface area contributed by atoms with E-state index >= 15 is 0 Å². The van der Waals surface area contributed by atoms with Crippen LogP contribution in [0.5, 0.6) is 16.6 Å². The second-order valence-electron chi connectivity index (χ2n) is 9.63. The highest BCUT2D eigenvalue weighted by atomic mass is 32.2. The van der Waals surface area contributed by atoms with Gasteiger partial charge in [0.1, 0.15) is 11.4 Å². The molecular weight excluding hydrogens is 530 g/mol. The fourth-order valence-corrected chi connectivity index (χ4v) is 7.48. The van der Waals surface area contributed by atoms with Gasteiger partial charge in [-0.2, -0.15) is 0 Å². The molecule has 0 aliphatic carbocycles. The second kappa shape index (κ2) is 6.74. The number of piperidine rings is 1. The summed E-state index contributed by atoms with van der Waals surface area (Å²) in [6.45, 7) is 0. The Kier molecular flexibility index (Phi) is 4.74. The van der Waals surface area contributed by atoms with Gasteiger partial charge in [0.2, 0.25) is 22.2 Å². The molecule has 0 aromatic carbocycles. The zero-order valence-electron chi connectivity index (χ0n) is 18.4. The number of epoxide rings is 1. The number of carbonyl (C=O) groups is 2.